The first-order valence-electron chi connectivity index (χ1n) is 4.07. The van der Waals surface area contributed by atoms with E-state index >= 15 is 0 Å². The van der Waals surface area contributed by atoms with Crippen LogP contribution < -0.4 is 0 Å². The molecule has 0 aliphatic heterocycles. The molecule has 0 aromatic carbocycles. The van der Waals surface area contributed by atoms with E-state index in [0.29, 0.717) is 0 Å². The van der Waals surface area contributed by atoms with E-state index in [0.717, 1.165) is 6.26 Å². The zero-order valence-corrected chi connectivity index (χ0v) is 9.68. The molecule has 84 valence electrons. The quantitative estimate of drug-likeness (QED) is 0.605. The lowest BCUT2D eigenvalue weighted by atomic mass is 10.3. The third-order valence-electron chi connectivity index (χ3n) is 1.62. The van der Waals surface area contributed by atoms with Gasteiger partial charge in [0.15, 0.2) is 0 Å². The zero-order valence-electron chi connectivity index (χ0n) is 8.11. The van der Waals surface area contributed by atoms with Crippen LogP contribution in [0.1, 0.15) is 23.0 Å². The predicted octanol–water partition coefficient (Wildman–Crippen LogP) is 1.69. The SMILES string of the molecule is CCOC(=O)c1occ(C)c1S(=O)(=O)Cl. The van der Waals surface area contributed by atoms with Gasteiger partial charge in [0.25, 0.3) is 9.05 Å². The first-order chi connectivity index (χ1) is 6.88. The van der Waals surface area contributed by atoms with E-state index in [1.807, 2.05) is 0 Å². The molecule has 0 aliphatic rings. The van der Waals surface area contributed by atoms with Crippen molar-refractivity contribution in [3.05, 3.63) is 17.6 Å². The molecule has 15 heavy (non-hydrogen) atoms. The third kappa shape index (κ3) is 2.51. The molecule has 0 fully saturated rings. The molecule has 7 heteroatoms. The maximum atomic E-state index is 11.3. The average Bonchev–Trinajstić information content (AvgIpc) is 2.46. The van der Waals surface area contributed by atoms with Crippen molar-refractivity contribution in [1.29, 1.82) is 0 Å². The lowest BCUT2D eigenvalue weighted by Crippen LogP contribution is -2.07. The van der Waals surface area contributed by atoms with Crippen LogP contribution in [0.4, 0.5) is 0 Å². The summed E-state index contributed by atoms with van der Waals surface area (Å²) in [6.45, 7) is 3.20. The fourth-order valence-electron chi connectivity index (χ4n) is 1.07. The van der Waals surface area contributed by atoms with Crippen molar-refractivity contribution in [3.8, 4) is 0 Å². The Labute approximate surface area is 91.4 Å². The molecule has 0 amide bonds. The Kier molecular flexibility index (Phi) is 3.41. The van der Waals surface area contributed by atoms with Crippen LogP contribution >= 0.6 is 10.7 Å². The Morgan fingerprint density at radius 1 is 1.60 bits per heavy atom. The van der Waals surface area contributed by atoms with Crippen molar-refractivity contribution in [3.63, 3.8) is 0 Å². The van der Waals surface area contributed by atoms with E-state index in [2.05, 4.69) is 4.74 Å². The lowest BCUT2D eigenvalue weighted by Gasteiger charge is -2.00. The zero-order chi connectivity index (χ0) is 11.6. The summed E-state index contributed by atoms with van der Waals surface area (Å²) in [4.78, 5) is 11.0. The van der Waals surface area contributed by atoms with Crippen LogP contribution in [-0.4, -0.2) is 21.0 Å². The predicted molar refractivity (Wildman–Crippen MR) is 52.4 cm³/mol. The molecule has 1 rings (SSSR count). The first kappa shape index (κ1) is 12.1. The Morgan fingerprint density at radius 3 is 2.67 bits per heavy atom. The molecule has 0 unspecified atom stereocenters. The molecule has 0 radical (unpaired) electrons. The van der Waals surface area contributed by atoms with Crippen LogP contribution in [0.2, 0.25) is 0 Å². The standard InChI is InChI=1S/C8H9ClO5S/c1-3-13-8(10)6-7(15(9,11)12)5(2)4-14-6/h4H,3H2,1-2H3. The summed E-state index contributed by atoms with van der Waals surface area (Å²) in [6.07, 6.45) is 1.14. The van der Waals surface area contributed by atoms with E-state index < -0.39 is 15.0 Å². The van der Waals surface area contributed by atoms with Gasteiger partial charge in [-0.15, -0.1) is 0 Å². The van der Waals surface area contributed by atoms with Crippen molar-refractivity contribution in [2.45, 2.75) is 18.7 Å². The molecule has 0 bridgehead atoms. The number of esters is 1. The number of hydrogen-bond donors (Lipinski definition) is 0. The summed E-state index contributed by atoms with van der Waals surface area (Å²) in [5, 5.41) is 0. The van der Waals surface area contributed by atoms with Gasteiger partial charge in [-0.2, -0.15) is 0 Å². The second kappa shape index (κ2) is 4.24. The maximum Gasteiger partial charge on any atom is 0.375 e. The first-order valence-corrected chi connectivity index (χ1v) is 6.38. The van der Waals surface area contributed by atoms with E-state index in [1.165, 1.54) is 6.92 Å². The normalized spacial score (nSPS) is 11.4. The number of aryl methyl sites for hydroxylation is 1. The van der Waals surface area contributed by atoms with Crippen LogP contribution in [0.25, 0.3) is 0 Å². The number of carbonyl (C=O) groups is 1. The van der Waals surface area contributed by atoms with E-state index in [-0.39, 0.29) is 22.8 Å². The van der Waals surface area contributed by atoms with Gasteiger partial charge >= 0.3 is 5.97 Å². The van der Waals surface area contributed by atoms with E-state index in [4.69, 9.17) is 15.1 Å². The van der Waals surface area contributed by atoms with Gasteiger partial charge in [0.1, 0.15) is 4.90 Å². The second-order valence-electron chi connectivity index (χ2n) is 2.74. The summed E-state index contributed by atoms with van der Waals surface area (Å²) in [5.41, 5.74) is 0.271. The van der Waals surface area contributed by atoms with Crippen LogP contribution in [0.5, 0.6) is 0 Å². The van der Waals surface area contributed by atoms with Crippen LogP contribution in [0.3, 0.4) is 0 Å². The summed E-state index contributed by atoms with van der Waals surface area (Å²) in [6, 6.07) is 0. The number of ether oxygens (including phenoxy) is 1. The summed E-state index contributed by atoms with van der Waals surface area (Å²) < 4.78 is 31.7. The minimum absolute atomic E-state index is 0.125. The largest absolute Gasteiger partial charge is 0.460 e. The third-order valence-corrected chi connectivity index (χ3v) is 3.08. The van der Waals surface area contributed by atoms with Crippen molar-refractivity contribution in [2.24, 2.45) is 0 Å². The highest BCUT2D eigenvalue weighted by Gasteiger charge is 2.28. The second-order valence-corrected chi connectivity index (χ2v) is 5.24. The van der Waals surface area contributed by atoms with Crippen LogP contribution in [0.15, 0.2) is 15.6 Å². The van der Waals surface area contributed by atoms with E-state index in [9.17, 15) is 13.2 Å². The highest BCUT2D eigenvalue weighted by atomic mass is 35.7. The molecule has 0 spiro atoms. The molecule has 0 atom stereocenters. The molecular weight excluding hydrogens is 244 g/mol. The van der Waals surface area contributed by atoms with Crippen molar-refractivity contribution in [2.75, 3.05) is 6.61 Å². The smallest absolute Gasteiger partial charge is 0.375 e. The minimum Gasteiger partial charge on any atom is -0.460 e. The van der Waals surface area contributed by atoms with Gasteiger partial charge in [0.05, 0.1) is 12.9 Å². The van der Waals surface area contributed by atoms with Gasteiger partial charge in [-0.25, -0.2) is 13.2 Å². The number of halogens is 1. The molecule has 1 aromatic rings. The molecule has 0 N–H and O–H groups in total. The Morgan fingerprint density at radius 2 is 2.20 bits per heavy atom. The summed E-state index contributed by atoms with van der Waals surface area (Å²) in [5.74, 6) is -1.23. The summed E-state index contributed by atoms with van der Waals surface area (Å²) in [7, 11) is 1.15. The molecular formula is C8H9ClO5S. The molecule has 5 nitrogen and oxygen atoms in total. The van der Waals surface area contributed by atoms with Crippen LogP contribution in [-0.2, 0) is 13.8 Å². The van der Waals surface area contributed by atoms with Gasteiger partial charge in [0, 0.05) is 16.2 Å². The molecule has 1 aromatic heterocycles. The minimum atomic E-state index is -4.01. The Balaban J connectivity index is 3.27. The fourth-order valence-corrected chi connectivity index (χ4v) is 2.43. The molecule has 0 saturated heterocycles. The van der Waals surface area contributed by atoms with Crippen molar-refractivity contribution in [1.82, 2.24) is 0 Å². The fraction of sp³-hybridized carbons (Fsp3) is 0.375. The van der Waals surface area contributed by atoms with E-state index in [1.54, 1.807) is 6.92 Å². The maximum absolute atomic E-state index is 11.3. The van der Waals surface area contributed by atoms with Gasteiger partial charge in [-0.05, 0) is 13.8 Å². The van der Waals surface area contributed by atoms with Gasteiger partial charge in [-0.1, -0.05) is 0 Å². The molecule has 1 heterocycles. The van der Waals surface area contributed by atoms with Crippen LogP contribution in [0, 0.1) is 6.92 Å². The number of rotatable bonds is 3. The lowest BCUT2D eigenvalue weighted by molar-refractivity contribution is 0.0484. The summed E-state index contributed by atoms with van der Waals surface area (Å²) >= 11 is 0. The number of hydrogen-bond acceptors (Lipinski definition) is 5. The Bertz CT molecular complexity index is 473. The highest BCUT2D eigenvalue weighted by molar-refractivity contribution is 8.13. The number of carbonyl (C=O) groups excluding carboxylic acids is 1. The topological polar surface area (TPSA) is 73.6 Å². The number of furan rings is 1. The Hall–Kier alpha value is -1.01. The monoisotopic (exact) mass is 252 g/mol. The molecule has 0 aliphatic carbocycles. The van der Waals surface area contributed by atoms with Crippen molar-refractivity contribution >= 4 is 25.7 Å². The van der Waals surface area contributed by atoms with Crippen molar-refractivity contribution < 1.29 is 22.4 Å². The average molecular weight is 253 g/mol. The molecule has 0 saturated carbocycles. The van der Waals surface area contributed by atoms with Gasteiger partial charge in [-0.3, -0.25) is 0 Å². The highest BCUT2D eigenvalue weighted by Crippen LogP contribution is 2.26. The van der Waals surface area contributed by atoms with Gasteiger partial charge < -0.3 is 9.15 Å². The van der Waals surface area contributed by atoms with Gasteiger partial charge in [0.2, 0.25) is 5.76 Å².